The molecule has 0 bridgehead atoms. The molecule has 4 heteroatoms. The lowest BCUT2D eigenvalue weighted by molar-refractivity contribution is -0.133. The third-order valence-electron chi connectivity index (χ3n) is 2.06. The van der Waals surface area contributed by atoms with E-state index >= 15 is 0 Å². The van der Waals surface area contributed by atoms with Crippen molar-refractivity contribution in [2.45, 2.75) is 39.2 Å². The van der Waals surface area contributed by atoms with E-state index in [1.54, 1.807) is 4.90 Å². The highest BCUT2D eigenvalue weighted by Crippen LogP contribution is 2.05. The van der Waals surface area contributed by atoms with E-state index in [9.17, 15) is 4.79 Å². The van der Waals surface area contributed by atoms with Gasteiger partial charge in [0.1, 0.15) is 0 Å². The second kappa shape index (κ2) is 8.24. The maximum atomic E-state index is 11.6. The molecule has 0 aromatic rings. The van der Waals surface area contributed by atoms with E-state index in [-0.39, 0.29) is 18.6 Å². The molecule has 0 aromatic carbocycles. The molecular formula is C10H20BrNO2. The standard InChI is InChI=1S/C10H20BrNO2/c1-9(2)12(7-8-13)10(14)5-3-4-6-11/h9,13H,3-8H2,1-2H3. The molecular weight excluding hydrogens is 246 g/mol. The quantitative estimate of drug-likeness (QED) is 0.563. The summed E-state index contributed by atoms with van der Waals surface area (Å²) in [6, 6.07) is 0.179. The van der Waals surface area contributed by atoms with Gasteiger partial charge in [0.05, 0.1) is 6.61 Å². The average molecular weight is 266 g/mol. The predicted molar refractivity (Wildman–Crippen MR) is 61.6 cm³/mol. The highest BCUT2D eigenvalue weighted by Gasteiger charge is 2.15. The summed E-state index contributed by atoms with van der Waals surface area (Å²) in [6.45, 7) is 4.43. The number of carbonyl (C=O) groups is 1. The van der Waals surface area contributed by atoms with Gasteiger partial charge in [0.25, 0.3) is 0 Å². The second-order valence-corrected chi connectivity index (χ2v) is 4.34. The molecule has 3 nitrogen and oxygen atoms in total. The zero-order chi connectivity index (χ0) is 11.0. The Morgan fingerprint density at radius 1 is 1.43 bits per heavy atom. The van der Waals surface area contributed by atoms with Crippen LogP contribution in [-0.2, 0) is 4.79 Å². The first-order chi connectivity index (χ1) is 6.63. The van der Waals surface area contributed by atoms with Gasteiger partial charge < -0.3 is 10.0 Å². The van der Waals surface area contributed by atoms with Crippen LogP contribution in [0.4, 0.5) is 0 Å². The molecule has 84 valence electrons. The van der Waals surface area contributed by atoms with Crippen LogP contribution in [0.3, 0.4) is 0 Å². The van der Waals surface area contributed by atoms with Crippen LogP contribution >= 0.6 is 15.9 Å². The number of aliphatic hydroxyl groups excluding tert-OH is 1. The molecule has 0 aliphatic carbocycles. The number of hydrogen-bond donors (Lipinski definition) is 1. The molecule has 0 atom stereocenters. The molecule has 0 saturated carbocycles. The van der Waals surface area contributed by atoms with Gasteiger partial charge in [-0.3, -0.25) is 4.79 Å². The minimum Gasteiger partial charge on any atom is -0.395 e. The summed E-state index contributed by atoms with van der Waals surface area (Å²) < 4.78 is 0. The van der Waals surface area contributed by atoms with E-state index in [1.165, 1.54) is 0 Å². The lowest BCUT2D eigenvalue weighted by Gasteiger charge is -2.25. The molecule has 0 heterocycles. The highest BCUT2D eigenvalue weighted by molar-refractivity contribution is 9.09. The molecule has 0 aliphatic rings. The zero-order valence-corrected chi connectivity index (χ0v) is 10.6. The van der Waals surface area contributed by atoms with Crippen molar-refractivity contribution in [3.63, 3.8) is 0 Å². The number of hydrogen-bond acceptors (Lipinski definition) is 2. The molecule has 0 spiro atoms. The lowest BCUT2D eigenvalue weighted by Crippen LogP contribution is -2.38. The summed E-state index contributed by atoms with van der Waals surface area (Å²) in [5.41, 5.74) is 0. The van der Waals surface area contributed by atoms with Gasteiger partial charge in [-0.05, 0) is 26.7 Å². The number of unbranched alkanes of at least 4 members (excludes halogenated alkanes) is 1. The number of amides is 1. The summed E-state index contributed by atoms with van der Waals surface area (Å²) in [4.78, 5) is 13.4. The lowest BCUT2D eigenvalue weighted by atomic mass is 10.2. The van der Waals surface area contributed by atoms with E-state index in [0.717, 1.165) is 18.2 Å². The maximum absolute atomic E-state index is 11.6. The monoisotopic (exact) mass is 265 g/mol. The van der Waals surface area contributed by atoms with Gasteiger partial charge >= 0.3 is 0 Å². The third-order valence-corrected chi connectivity index (χ3v) is 2.62. The van der Waals surface area contributed by atoms with Crippen LogP contribution in [-0.4, -0.2) is 40.4 Å². The minimum atomic E-state index is 0.0440. The Hall–Kier alpha value is -0.0900. The van der Waals surface area contributed by atoms with Gasteiger partial charge in [-0.1, -0.05) is 15.9 Å². The van der Waals surface area contributed by atoms with Crippen molar-refractivity contribution >= 4 is 21.8 Å². The molecule has 0 aromatic heterocycles. The summed E-state index contributed by atoms with van der Waals surface area (Å²) in [6.07, 6.45) is 2.53. The van der Waals surface area contributed by atoms with Crippen molar-refractivity contribution in [1.82, 2.24) is 4.90 Å². The van der Waals surface area contributed by atoms with Crippen LogP contribution in [0, 0.1) is 0 Å². The average Bonchev–Trinajstić information content (AvgIpc) is 2.13. The van der Waals surface area contributed by atoms with Crippen LogP contribution < -0.4 is 0 Å². The van der Waals surface area contributed by atoms with Gasteiger partial charge in [-0.15, -0.1) is 0 Å². The molecule has 0 saturated heterocycles. The smallest absolute Gasteiger partial charge is 0.222 e. The van der Waals surface area contributed by atoms with Crippen molar-refractivity contribution in [2.24, 2.45) is 0 Å². The minimum absolute atomic E-state index is 0.0440. The maximum Gasteiger partial charge on any atom is 0.222 e. The van der Waals surface area contributed by atoms with Gasteiger partial charge in [0, 0.05) is 24.3 Å². The third kappa shape index (κ3) is 5.60. The Kier molecular flexibility index (Phi) is 8.18. The molecule has 0 aliphatic heterocycles. The first kappa shape index (κ1) is 13.9. The predicted octanol–water partition coefficient (Wildman–Crippen LogP) is 1.78. The van der Waals surface area contributed by atoms with Crippen LogP contribution in [0.5, 0.6) is 0 Å². The summed E-state index contributed by atoms with van der Waals surface area (Å²) in [5.74, 6) is 0.148. The Balaban J connectivity index is 3.89. The number of rotatable bonds is 7. The van der Waals surface area contributed by atoms with E-state index in [2.05, 4.69) is 15.9 Å². The van der Waals surface area contributed by atoms with E-state index in [4.69, 9.17) is 5.11 Å². The highest BCUT2D eigenvalue weighted by atomic mass is 79.9. The number of aliphatic hydroxyl groups is 1. The van der Waals surface area contributed by atoms with Gasteiger partial charge in [-0.25, -0.2) is 0 Å². The van der Waals surface area contributed by atoms with Gasteiger partial charge in [0.15, 0.2) is 0 Å². The number of carbonyl (C=O) groups excluding carboxylic acids is 1. The Labute approximate surface area is 94.6 Å². The summed E-state index contributed by atoms with van der Waals surface area (Å²) in [5, 5.41) is 9.75. The normalized spacial score (nSPS) is 10.6. The fourth-order valence-corrected chi connectivity index (χ4v) is 1.69. The van der Waals surface area contributed by atoms with Crippen LogP contribution in [0.1, 0.15) is 33.1 Å². The number of halogens is 1. The topological polar surface area (TPSA) is 40.5 Å². The summed E-state index contributed by atoms with van der Waals surface area (Å²) >= 11 is 3.33. The second-order valence-electron chi connectivity index (χ2n) is 3.55. The van der Waals surface area contributed by atoms with Gasteiger partial charge in [-0.2, -0.15) is 0 Å². The summed E-state index contributed by atoms with van der Waals surface area (Å²) in [7, 11) is 0. The molecule has 0 rings (SSSR count). The van der Waals surface area contributed by atoms with Crippen LogP contribution in [0.2, 0.25) is 0 Å². The molecule has 1 N–H and O–H groups in total. The number of alkyl halides is 1. The molecule has 0 radical (unpaired) electrons. The van der Waals surface area contributed by atoms with Crippen molar-refractivity contribution in [3.8, 4) is 0 Å². The van der Waals surface area contributed by atoms with E-state index in [0.29, 0.717) is 13.0 Å². The van der Waals surface area contributed by atoms with Crippen molar-refractivity contribution < 1.29 is 9.90 Å². The molecule has 1 amide bonds. The van der Waals surface area contributed by atoms with E-state index in [1.807, 2.05) is 13.8 Å². The molecule has 0 unspecified atom stereocenters. The Morgan fingerprint density at radius 3 is 2.50 bits per heavy atom. The first-order valence-corrected chi connectivity index (χ1v) is 6.22. The zero-order valence-electron chi connectivity index (χ0n) is 9.00. The van der Waals surface area contributed by atoms with Gasteiger partial charge in [0.2, 0.25) is 5.91 Å². The van der Waals surface area contributed by atoms with E-state index < -0.39 is 0 Å². The SMILES string of the molecule is CC(C)N(CCO)C(=O)CCCCBr. The molecule has 0 fully saturated rings. The Bertz CT molecular complexity index is 162. The van der Waals surface area contributed by atoms with Crippen LogP contribution in [0.15, 0.2) is 0 Å². The fraction of sp³-hybridized carbons (Fsp3) is 0.900. The molecule has 14 heavy (non-hydrogen) atoms. The van der Waals surface area contributed by atoms with Crippen molar-refractivity contribution in [3.05, 3.63) is 0 Å². The largest absolute Gasteiger partial charge is 0.395 e. The first-order valence-electron chi connectivity index (χ1n) is 5.09. The van der Waals surface area contributed by atoms with Crippen molar-refractivity contribution in [2.75, 3.05) is 18.5 Å². The van der Waals surface area contributed by atoms with Crippen LogP contribution in [0.25, 0.3) is 0 Å². The van der Waals surface area contributed by atoms with Crippen molar-refractivity contribution in [1.29, 1.82) is 0 Å². The Morgan fingerprint density at radius 2 is 2.07 bits per heavy atom. The number of nitrogens with zero attached hydrogens (tertiary/aromatic N) is 1. The fourth-order valence-electron chi connectivity index (χ4n) is 1.29.